The molecule has 0 N–H and O–H groups in total. The lowest BCUT2D eigenvalue weighted by molar-refractivity contribution is 0.0962. The molecular weight excluding hydrogens is 415 g/mol. The van der Waals surface area contributed by atoms with Crippen LogP contribution < -0.4 is 0 Å². The molecule has 30 heavy (non-hydrogen) atoms. The number of carbonyl (C=O) groups is 2. The predicted molar refractivity (Wildman–Crippen MR) is 122 cm³/mol. The van der Waals surface area contributed by atoms with Crippen LogP contribution in [-0.2, 0) is 6.42 Å². The molecule has 2 aliphatic rings. The zero-order valence-corrected chi connectivity index (χ0v) is 18.0. The fourth-order valence-electron chi connectivity index (χ4n) is 4.28. The van der Waals surface area contributed by atoms with E-state index in [-0.39, 0.29) is 11.7 Å². The highest BCUT2D eigenvalue weighted by Crippen LogP contribution is 2.38. The van der Waals surface area contributed by atoms with Crippen molar-refractivity contribution in [1.82, 2.24) is 0 Å². The molecule has 0 fully saturated rings. The van der Waals surface area contributed by atoms with E-state index in [1.165, 1.54) is 5.56 Å². The van der Waals surface area contributed by atoms with Gasteiger partial charge in [0.25, 0.3) is 0 Å². The van der Waals surface area contributed by atoms with E-state index in [1.54, 1.807) is 0 Å². The van der Waals surface area contributed by atoms with Crippen LogP contribution in [0, 0.1) is 0 Å². The van der Waals surface area contributed by atoms with Crippen molar-refractivity contribution in [2.45, 2.75) is 38.0 Å². The molecule has 0 radical (unpaired) electrons. The Morgan fingerprint density at radius 3 is 2.17 bits per heavy atom. The molecule has 152 valence electrons. The summed E-state index contributed by atoms with van der Waals surface area (Å²) in [5.74, 6) is 0.766. The van der Waals surface area contributed by atoms with Crippen LogP contribution in [0.4, 0.5) is 0 Å². The van der Waals surface area contributed by atoms with E-state index < -0.39 is 0 Å². The van der Waals surface area contributed by atoms with Crippen molar-refractivity contribution in [3.05, 3.63) is 105 Å². The van der Waals surface area contributed by atoms with Crippen molar-refractivity contribution in [3.8, 4) is 0 Å². The third kappa shape index (κ3) is 4.35. The molecular formula is C26H22Cl2O2. The molecule has 0 saturated heterocycles. The Hall–Kier alpha value is -2.42. The Balaban J connectivity index is 0.000000168. The van der Waals surface area contributed by atoms with Gasteiger partial charge in [0.05, 0.1) is 10.0 Å². The maximum Gasteiger partial charge on any atom is 0.163 e. The second-order valence-corrected chi connectivity index (χ2v) is 8.52. The average molecular weight is 437 g/mol. The van der Waals surface area contributed by atoms with E-state index >= 15 is 0 Å². The molecule has 0 bridgehead atoms. The number of benzene rings is 3. The van der Waals surface area contributed by atoms with Gasteiger partial charge >= 0.3 is 0 Å². The minimum atomic E-state index is 0.226. The first kappa shape index (κ1) is 20.8. The summed E-state index contributed by atoms with van der Waals surface area (Å²) in [4.78, 5) is 23.2. The first-order valence-corrected chi connectivity index (χ1v) is 11.0. The first-order chi connectivity index (χ1) is 14.5. The van der Waals surface area contributed by atoms with Gasteiger partial charge < -0.3 is 0 Å². The molecule has 1 unspecified atom stereocenters. The summed E-state index contributed by atoms with van der Waals surface area (Å²) in [6.45, 7) is 0. The Kier molecular flexibility index (Phi) is 6.36. The van der Waals surface area contributed by atoms with Crippen LogP contribution in [0.5, 0.6) is 0 Å². The summed E-state index contributed by atoms with van der Waals surface area (Å²) in [6.07, 6.45) is 4.24. The highest BCUT2D eigenvalue weighted by molar-refractivity contribution is 6.42. The lowest BCUT2D eigenvalue weighted by Gasteiger charge is -2.25. The Labute approximate surface area is 186 Å². The third-order valence-corrected chi connectivity index (χ3v) is 6.55. The van der Waals surface area contributed by atoms with Crippen molar-refractivity contribution in [2.75, 3.05) is 0 Å². The highest BCUT2D eigenvalue weighted by Gasteiger charge is 2.26. The van der Waals surface area contributed by atoms with E-state index in [0.29, 0.717) is 22.2 Å². The number of aryl methyl sites for hydroxylation is 1. The number of halogens is 2. The van der Waals surface area contributed by atoms with Crippen molar-refractivity contribution < 1.29 is 9.59 Å². The monoisotopic (exact) mass is 436 g/mol. The number of rotatable bonds is 1. The van der Waals surface area contributed by atoms with Gasteiger partial charge in [0.2, 0.25) is 0 Å². The summed E-state index contributed by atoms with van der Waals surface area (Å²) >= 11 is 12.0. The smallest absolute Gasteiger partial charge is 0.163 e. The number of fused-ring (bicyclic) bond motifs is 2. The fraction of sp³-hybridized carbons (Fsp3) is 0.231. The van der Waals surface area contributed by atoms with Gasteiger partial charge in [0, 0.05) is 29.9 Å². The summed E-state index contributed by atoms with van der Waals surface area (Å²) in [5, 5.41) is 1.12. The van der Waals surface area contributed by atoms with Gasteiger partial charge in [-0.2, -0.15) is 0 Å². The molecule has 0 spiro atoms. The van der Waals surface area contributed by atoms with E-state index in [0.717, 1.165) is 47.9 Å². The Morgan fingerprint density at radius 2 is 1.40 bits per heavy atom. The lowest BCUT2D eigenvalue weighted by atomic mass is 9.78. The molecule has 3 aromatic rings. The molecule has 3 aromatic carbocycles. The topological polar surface area (TPSA) is 34.1 Å². The number of hydrogen-bond acceptors (Lipinski definition) is 2. The molecule has 0 aromatic heterocycles. The molecule has 0 aliphatic heterocycles. The summed E-state index contributed by atoms with van der Waals surface area (Å²) in [7, 11) is 0. The van der Waals surface area contributed by atoms with Gasteiger partial charge in [-0.25, -0.2) is 0 Å². The largest absolute Gasteiger partial charge is 0.294 e. The van der Waals surface area contributed by atoms with Gasteiger partial charge in [0.15, 0.2) is 11.6 Å². The third-order valence-electron chi connectivity index (χ3n) is 5.81. The van der Waals surface area contributed by atoms with Crippen LogP contribution in [-0.4, -0.2) is 11.6 Å². The zero-order valence-electron chi connectivity index (χ0n) is 16.5. The quantitative estimate of drug-likeness (QED) is 0.400. The standard InChI is InChI=1S/C16H12Cl2O.C10H10O/c17-14-7-5-10(9-15(14)18)11-6-8-16(19)13-4-2-1-3-12(11)13;11-10-7-3-5-8-4-1-2-6-9(8)10/h1-5,7,9,11H,6,8H2;1-2,4,6H,3,5,7H2. The number of ketones is 2. The van der Waals surface area contributed by atoms with Gasteiger partial charge in [-0.3, -0.25) is 9.59 Å². The normalized spacial score (nSPS) is 17.5. The minimum Gasteiger partial charge on any atom is -0.294 e. The molecule has 0 saturated carbocycles. The van der Waals surface area contributed by atoms with Gasteiger partial charge in [-0.05, 0) is 48.1 Å². The molecule has 1 atom stereocenters. The highest BCUT2D eigenvalue weighted by atomic mass is 35.5. The van der Waals surface area contributed by atoms with E-state index in [2.05, 4.69) is 0 Å². The lowest BCUT2D eigenvalue weighted by Crippen LogP contribution is -2.16. The van der Waals surface area contributed by atoms with Crippen LogP contribution in [0.3, 0.4) is 0 Å². The molecule has 4 heteroatoms. The summed E-state index contributed by atoms with van der Waals surface area (Å²) < 4.78 is 0. The van der Waals surface area contributed by atoms with Crippen molar-refractivity contribution in [3.63, 3.8) is 0 Å². The first-order valence-electron chi connectivity index (χ1n) is 10.2. The second kappa shape index (κ2) is 9.16. The van der Waals surface area contributed by atoms with Crippen LogP contribution >= 0.6 is 23.2 Å². The number of carbonyl (C=O) groups excluding carboxylic acids is 2. The fourth-order valence-corrected chi connectivity index (χ4v) is 4.59. The van der Waals surface area contributed by atoms with Gasteiger partial charge in [-0.1, -0.05) is 77.8 Å². The number of Topliss-reactive ketones (excluding diaryl/α,β-unsaturated/α-hetero) is 2. The van der Waals surface area contributed by atoms with Crippen molar-refractivity contribution in [1.29, 1.82) is 0 Å². The zero-order chi connectivity index (χ0) is 21.1. The Bertz CT molecular complexity index is 1100. The summed E-state index contributed by atoms with van der Waals surface area (Å²) in [6, 6.07) is 21.4. The summed E-state index contributed by atoms with van der Waals surface area (Å²) in [5.41, 5.74) is 5.22. The maximum absolute atomic E-state index is 11.9. The SMILES string of the molecule is O=C1CCC(c2ccc(Cl)c(Cl)c2)c2ccccc21.O=C1CCCc2ccccc21. The predicted octanol–water partition coefficient (Wildman–Crippen LogP) is 7.31. The van der Waals surface area contributed by atoms with Crippen LogP contribution in [0.2, 0.25) is 10.0 Å². The maximum atomic E-state index is 11.9. The van der Waals surface area contributed by atoms with Crippen molar-refractivity contribution >= 4 is 34.8 Å². The van der Waals surface area contributed by atoms with E-state index in [1.807, 2.05) is 66.7 Å². The Morgan fingerprint density at radius 1 is 0.700 bits per heavy atom. The molecule has 5 rings (SSSR count). The molecule has 0 amide bonds. The van der Waals surface area contributed by atoms with Gasteiger partial charge in [-0.15, -0.1) is 0 Å². The second-order valence-electron chi connectivity index (χ2n) is 7.71. The molecule has 2 nitrogen and oxygen atoms in total. The van der Waals surface area contributed by atoms with Crippen LogP contribution in [0.1, 0.15) is 69.0 Å². The van der Waals surface area contributed by atoms with E-state index in [4.69, 9.17) is 23.2 Å². The van der Waals surface area contributed by atoms with E-state index in [9.17, 15) is 9.59 Å². The minimum absolute atomic E-state index is 0.226. The number of hydrogen-bond donors (Lipinski definition) is 0. The van der Waals surface area contributed by atoms with Crippen LogP contribution in [0.25, 0.3) is 0 Å². The molecule has 0 heterocycles. The molecule has 2 aliphatic carbocycles. The van der Waals surface area contributed by atoms with Crippen molar-refractivity contribution in [2.24, 2.45) is 0 Å². The van der Waals surface area contributed by atoms with Crippen LogP contribution in [0.15, 0.2) is 66.7 Å². The van der Waals surface area contributed by atoms with Gasteiger partial charge in [0.1, 0.15) is 0 Å². The average Bonchev–Trinajstić information content (AvgIpc) is 2.77.